The van der Waals surface area contributed by atoms with Crippen LogP contribution in [0.1, 0.15) is 85.7 Å². The van der Waals surface area contributed by atoms with Gasteiger partial charge in [0.2, 0.25) is 10.0 Å². The fourth-order valence-corrected chi connectivity index (χ4v) is 9.76. The first kappa shape index (κ1) is 31.5. The van der Waals surface area contributed by atoms with Crippen LogP contribution in [0.4, 0.5) is 4.39 Å². The standard InChI is InChI=1S/C33H47FN6O3S/c1-23-21-38(33(4)12-16-37(17-13-33)32(41)30-24(2)35-22-36-25(30)3)18-19-40(23)31(27-6-5-7-28(34)20-27)26-10-14-39(15-11-26)44(42,43)29-8-9-29/h5-7,20,22-23,26,29,31H,8-19,21H2,1-4H3/t23?,31-/m1/s1. The first-order valence-electron chi connectivity index (χ1n) is 16.3. The average molecular weight is 627 g/mol. The normalized spacial score (nSPS) is 25.2. The molecule has 240 valence electrons. The van der Waals surface area contributed by atoms with E-state index in [4.69, 9.17) is 0 Å². The molecular formula is C33H47FN6O3S. The van der Waals surface area contributed by atoms with Crippen molar-refractivity contribution in [2.75, 3.05) is 45.8 Å². The molecule has 0 N–H and O–H groups in total. The van der Waals surface area contributed by atoms with Crippen LogP contribution in [0.2, 0.25) is 0 Å². The lowest BCUT2D eigenvalue weighted by Gasteiger charge is -2.54. The minimum Gasteiger partial charge on any atom is -0.338 e. The topological polar surface area (TPSA) is 90.0 Å². The number of halogens is 1. The van der Waals surface area contributed by atoms with Crippen molar-refractivity contribution in [3.05, 3.63) is 58.9 Å². The van der Waals surface area contributed by atoms with Crippen LogP contribution in [0.25, 0.3) is 0 Å². The predicted molar refractivity (Wildman–Crippen MR) is 168 cm³/mol. The number of hydrogen-bond donors (Lipinski definition) is 0. The molecule has 1 amide bonds. The van der Waals surface area contributed by atoms with E-state index >= 15 is 0 Å². The Balaban J connectivity index is 1.12. The van der Waals surface area contributed by atoms with Gasteiger partial charge in [-0.15, -0.1) is 0 Å². The summed E-state index contributed by atoms with van der Waals surface area (Å²) in [5.41, 5.74) is 3.05. The molecule has 3 aliphatic heterocycles. The van der Waals surface area contributed by atoms with E-state index in [2.05, 4.69) is 33.6 Å². The first-order valence-corrected chi connectivity index (χ1v) is 17.8. The van der Waals surface area contributed by atoms with Crippen LogP contribution in [-0.2, 0) is 10.0 Å². The second-order valence-corrected chi connectivity index (χ2v) is 15.9. The van der Waals surface area contributed by atoms with E-state index in [1.165, 1.54) is 12.4 Å². The fourth-order valence-electron chi connectivity index (χ4n) is 7.89. The van der Waals surface area contributed by atoms with Crippen LogP contribution in [0.15, 0.2) is 30.6 Å². The highest BCUT2D eigenvalue weighted by Crippen LogP contribution is 2.41. The summed E-state index contributed by atoms with van der Waals surface area (Å²) < 4.78 is 42.0. The van der Waals surface area contributed by atoms with Gasteiger partial charge in [-0.25, -0.2) is 27.1 Å². The molecule has 6 rings (SSSR count). The third-order valence-corrected chi connectivity index (χ3v) is 13.2. The number of piperidine rings is 2. The molecule has 1 saturated carbocycles. The highest BCUT2D eigenvalue weighted by atomic mass is 32.2. The molecule has 3 saturated heterocycles. The second kappa shape index (κ2) is 12.4. The molecule has 9 nitrogen and oxygen atoms in total. The Bertz CT molecular complexity index is 1450. The van der Waals surface area contributed by atoms with Gasteiger partial charge in [0.15, 0.2) is 0 Å². The number of benzene rings is 1. The Morgan fingerprint density at radius 3 is 2.23 bits per heavy atom. The lowest BCUT2D eigenvalue weighted by atomic mass is 9.82. The number of piperazine rings is 1. The van der Waals surface area contributed by atoms with Crippen LogP contribution >= 0.6 is 0 Å². The van der Waals surface area contributed by atoms with Crippen molar-refractivity contribution >= 4 is 15.9 Å². The van der Waals surface area contributed by atoms with Gasteiger partial charge in [-0.3, -0.25) is 14.6 Å². The number of hydrogen-bond acceptors (Lipinski definition) is 7. The Morgan fingerprint density at radius 1 is 0.977 bits per heavy atom. The maximum absolute atomic E-state index is 14.5. The van der Waals surface area contributed by atoms with Gasteiger partial charge in [0.25, 0.3) is 5.91 Å². The van der Waals surface area contributed by atoms with E-state index in [1.54, 1.807) is 16.4 Å². The van der Waals surface area contributed by atoms with Crippen molar-refractivity contribution in [2.45, 2.75) is 89.1 Å². The SMILES string of the molecule is Cc1ncnc(C)c1C(=O)N1CCC(C)(N2CCN([C@@H](c3cccc(F)c3)C3CCN(S(=O)(=O)C4CC4)CC3)C(C)C2)CC1. The number of carbonyl (C=O) groups excluding carboxylic acids is 1. The Hall–Kier alpha value is -2.47. The summed E-state index contributed by atoms with van der Waals surface area (Å²) >= 11 is 0. The second-order valence-electron chi connectivity index (χ2n) is 13.7. The molecular weight excluding hydrogens is 579 g/mol. The van der Waals surface area contributed by atoms with E-state index < -0.39 is 10.0 Å². The molecule has 0 spiro atoms. The zero-order valence-electron chi connectivity index (χ0n) is 26.6. The van der Waals surface area contributed by atoms with Crippen molar-refractivity contribution in [3.63, 3.8) is 0 Å². The van der Waals surface area contributed by atoms with Crippen LogP contribution in [0, 0.1) is 25.6 Å². The molecule has 4 aliphatic rings. The first-order chi connectivity index (χ1) is 21.0. The Morgan fingerprint density at radius 2 is 1.64 bits per heavy atom. The molecule has 0 radical (unpaired) electrons. The van der Waals surface area contributed by atoms with Crippen molar-refractivity contribution in [3.8, 4) is 0 Å². The smallest absolute Gasteiger partial charge is 0.257 e. The summed E-state index contributed by atoms with van der Waals surface area (Å²) in [5.74, 6) is 0.0544. The van der Waals surface area contributed by atoms with E-state index in [9.17, 15) is 17.6 Å². The van der Waals surface area contributed by atoms with Gasteiger partial charge in [0, 0.05) is 63.4 Å². The number of carbonyl (C=O) groups is 1. The van der Waals surface area contributed by atoms with Crippen LogP contribution < -0.4 is 0 Å². The molecule has 2 aromatic rings. The molecule has 1 unspecified atom stereocenters. The van der Waals surface area contributed by atoms with Crippen LogP contribution in [0.3, 0.4) is 0 Å². The van der Waals surface area contributed by atoms with E-state index in [1.807, 2.05) is 24.8 Å². The fraction of sp³-hybridized carbons (Fsp3) is 0.667. The number of likely N-dealkylation sites (tertiary alicyclic amines) is 1. The summed E-state index contributed by atoms with van der Waals surface area (Å²) in [4.78, 5) is 29.0. The molecule has 4 fully saturated rings. The molecule has 4 heterocycles. The van der Waals surface area contributed by atoms with E-state index in [-0.39, 0.29) is 40.5 Å². The quantitative estimate of drug-likeness (QED) is 0.456. The molecule has 44 heavy (non-hydrogen) atoms. The lowest BCUT2D eigenvalue weighted by molar-refractivity contribution is -0.0422. The number of rotatable bonds is 7. The summed E-state index contributed by atoms with van der Waals surface area (Å²) in [6.45, 7) is 13.5. The van der Waals surface area contributed by atoms with E-state index in [0.29, 0.717) is 31.7 Å². The largest absolute Gasteiger partial charge is 0.338 e. The monoisotopic (exact) mass is 626 g/mol. The van der Waals surface area contributed by atoms with E-state index in [0.717, 1.165) is 75.1 Å². The van der Waals surface area contributed by atoms with Crippen LogP contribution in [-0.4, -0.2) is 106 Å². The van der Waals surface area contributed by atoms with Gasteiger partial charge >= 0.3 is 0 Å². The predicted octanol–water partition coefficient (Wildman–Crippen LogP) is 4.18. The Kier molecular flexibility index (Phi) is 8.86. The molecule has 0 bridgehead atoms. The maximum atomic E-state index is 14.5. The zero-order valence-corrected chi connectivity index (χ0v) is 27.4. The van der Waals surface area contributed by atoms with Crippen molar-refractivity contribution in [1.82, 2.24) is 29.0 Å². The number of aryl methyl sites for hydroxylation is 2. The number of sulfonamides is 1. The third-order valence-electron chi connectivity index (χ3n) is 10.8. The highest BCUT2D eigenvalue weighted by molar-refractivity contribution is 7.90. The van der Waals surface area contributed by atoms with Gasteiger partial charge in [-0.1, -0.05) is 12.1 Å². The average Bonchev–Trinajstić information content (AvgIpc) is 3.85. The summed E-state index contributed by atoms with van der Waals surface area (Å²) in [7, 11) is -3.18. The maximum Gasteiger partial charge on any atom is 0.257 e. The molecule has 11 heteroatoms. The zero-order chi connectivity index (χ0) is 31.2. The van der Waals surface area contributed by atoms with Gasteiger partial charge in [-0.2, -0.15) is 0 Å². The highest BCUT2D eigenvalue weighted by Gasteiger charge is 2.45. The van der Waals surface area contributed by atoms with Gasteiger partial charge in [-0.05, 0) is 89.8 Å². The summed E-state index contributed by atoms with van der Waals surface area (Å²) in [5, 5.41) is -0.182. The molecule has 1 aromatic carbocycles. The van der Waals surface area contributed by atoms with Gasteiger partial charge in [0.05, 0.1) is 22.2 Å². The molecule has 1 aromatic heterocycles. The number of aromatic nitrogens is 2. The van der Waals surface area contributed by atoms with Crippen LogP contribution in [0.5, 0.6) is 0 Å². The molecule has 2 atom stereocenters. The lowest BCUT2D eigenvalue weighted by Crippen LogP contribution is -2.63. The number of nitrogens with zero attached hydrogens (tertiary/aromatic N) is 6. The summed E-state index contributed by atoms with van der Waals surface area (Å²) in [6, 6.07) is 7.29. The van der Waals surface area contributed by atoms with Gasteiger partial charge in [0.1, 0.15) is 12.1 Å². The van der Waals surface area contributed by atoms with Crippen molar-refractivity contribution in [2.24, 2.45) is 5.92 Å². The third kappa shape index (κ3) is 6.17. The number of amides is 1. The minimum atomic E-state index is -3.18. The molecule has 1 aliphatic carbocycles. The van der Waals surface area contributed by atoms with Crippen molar-refractivity contribution in [1.29, 1.82) is 0 Å². The van der Waals surface area contributed by atoms with Gasteiger partial charge < -0.3 is 4.90 Å². The minimum absolute atomic E-state index is 0.00866. The Labute approximate surface area is 261 Å². The van der Waals surface area contributed by atoms with Crippen molar-refractivity contribution < 1.29 is 17.6 Å². The summed E-state index contributed by atoms with van der Waals surface area (Å²) in [6.07, 6.45) is 6.45.